The summed E-state index contributed by atoms with van der Waals surface area (Å²) in [6, 6.07) is 10.1. The highest BCUT2D eigenvalue weighted by Crippen LogP contribution is 2.21. The van der Waals surface area contributed by atoms with E-state index in [2.05, 4.69) is 5.32 Å². The smallest absolute Gasteiger partial charge is 0.284 e. The lowest BCUT2D eigenvalue weighted by Gasteiger charge is -2.35. The molecule has 8 nitrogen and oxygen atoms in total. The van der Waals surface area contributed by atoms with Crippen LogP contribution in [0.4, 0.5) is 0 Å². The van der Waals surface area contributed by atoms with Gasteiger partial charge >= 0.3 is 0 Å². The highest BCUT2D eigenvalue weighted by atomic mass is 35.5. The lowest BCUT2D eigenvalue weighted by atomic mass is 10.4. The summed E-state index contributed by atoms with van der Waals surface area (Å²) in [6.45, 7) is 2.12. The summed E-state index contributed by atoms with van der Waals surface area (Å²) < 4.78 is 31.7. The second-order valence-corrected chi connectivity index (χ2v) is 10.3. The van der Waals surface area contributed by atoms with Crippen molar-refractivity contribution >= 4 is 56.6 Å². The number of thioether (sulfide) groups is 1. The fourth-order valence-electron chi connectivity index (χ4n) is 2.82. The third kappa shape index (κ3) is 5.67. The van der Waals surface area contributed by atoms with Crippen LogP contribution in [0.1, 0.15) is 10.6 Å². The zero-order valence-electron chi connectivity index (χ0n) is 15.9. The Kier molecular flexibility index (Phi) is 7.64. The van der Waals surface area contributed by atoms with Gasteiger partial charge in [0.05, 0.1) is 0 Å². The quantitative estimate of drug-likeness (QED) is 0.346. The SMILES string of the molecule is NC(=O)c1ccc(S(=O)(=O)N2CCN(C(=S)NCCSc3ccc(Cl)cc3)CC2)o1. The number of carbonyl (C=O) groups excluding carboxylic acids is 1. The summed E-state index contributed by atoms with van der Waals surface area (Å²) in [5.41, 5.74) is 5.11. The molecule has 0 atom stereocenters. The van der Waals surface area contributed by atoms with E-state index in [0.29, 0.717) is 29.8 Å². The van der Waals surface area contributed by atoms with Crippen molar-refractivity contribution in [3.8, 4) is 0 Å². The zero-order chi connectivity index (χ0) is 21.7. The average Bonchev–Trinajstić information content (AvgIpc) is 3.24. The van der Waals surface area contributed by atoms with Crippen molar-refractivity contribution in [2.24, 2.45) is 5.73 Å². The molecule has 1 amide bonds. The number of nitrogens with one attached hydrogen (secondary N) is 1. The summed E-state index contributed by atoms with van der Waals surface area (Å²) in [5.74, 6) is -0.169. The number of rotatable bonds is 7. The molecular formula is C18H21ClN4O4S3. The van der Waals surface area contributed by atoms with E-state index in [1.165, 1.54) is 16.4 Å². The first kappa shape index (κ1) is 22.9. The molecule has 1 aliphatic rings. The number of hydrogen-bond acceptors (Lipinski definition) is 6. The number of halogens is 1. The van der Waals surface area contributed by atoms with E-state index < -0.39 is 15.9 Å². The molecule has 0 spiro atoms. The molecule has 1 fully saturated rings. The minimum atomic E-state index is -3.82. The van der Waals surface area contributed by atoms with Gasteiger partial charge in [-0.05, 0) is 48.6 Å². The van der Waals surface area contributed by atoms with Gasteiger partial charge in [0, 0.05) is 48.4 Å². The van der Waals surface area contributed by atoms with Gasteiger partial charge in [-0.15, -0.1) is 11.8 Å². The van der Waals surface area contributed by atoms with Crippen LogP contribution >= 0.6 is 35.6 Å². The van der Waals surface area contributed by atoms with Crippen molar-refractivity contribution in [2.45, 2.75) is 9.99 Å². The van der Waals surface area contributed by atoms with Crippen molar-refractivity contribution in [1.29, 1.82) is 0 Å². The molecule has 3 N–H and O–H groups in total. The van der Waals surface area contributed by atoms with Crippen molar-refractivity contribution in [3.63, 3.8) is 0 Å². The van der Waals surface area contributed by atoms with Crippen LogP contribution < -0.4 is 11.1 Å². The highest BCUT2D eigenvalue weighted by molar-refractivity contribution is 7.99. The molecule has 0 bridgehead atoms. The maximum absolute atomic E-state index is 12.7. The Morgan fingerprint density at radius 1 is 1.17 bits per heavy atom. The second-order valence-electron chi connectivity index (χ2n) is 6.41. The summed E-state index contributed by atoms with van der Waals surface area (Å²) >= 11 is 13.0. The van der Waals surface area contributed by atoms with Gasteiger partial charge in [0.2, 0.25) is 5.09 Å². The maximum Gasteiger partial charge on any atom is 0.284 e. The molecule has 0 saturated carbocycles. The number of sulfonamides is 1. The standard InChI is InChI=1S/C18H21ClN4O4S3/c19-13-1-3-14(4-2-13)29-12-7-21-18(28)22-8-10-23(11-9-22)30(25,26)16-6-5-15(27-16)17(20)24/h1-6H,7-12H2,(H2,20,24)(H,21,28). The predicted molar refractivity (Wildman–Crippen MR) is 120 cm³/mol. The molecular weight excluding hydrogens is 468 g/mol. The number of piperazine rings is 1. The Balaban J connectivity index is 1.44. The van der Waals surface area contributed by atoms with Crippen molar-refractivity contribution in [2.75, 3.05) is 38.5 Å². The molecule has 1 aromatic heterocycles. The van der Waals surface area contributed by atoms with Gasteiger partial charge in [-0.2, -0.15) is 4.31 Å². The fourth-order valence-corrected chi connectivity index (χ4v) is 5.33. The average molecular weight is 489 g/mol. The first-order valence-corrected chi connectivity index (χ1v) is 12.3. The number of benzene rings is 1. The number of primary amides is 1. The molecule has 30 heavy (non-hydrogen) atoms. The van der Waals surface area contributed by atoms with Gasteiger partial charge in [-0.25, -0.2) is 8.42 Å². The summed E-state index contributed by atoms with van der Waals surface area (Å²) in [4.78, 5) is 14.2. The number of furan rings is 1. The number of hydrogen-bond donors (Lipinski definition) is 2. The molecule has 2 aromatic rings. The van der Waals surface area contributed by atoms with E-state index in [9.17, 15) is 13.2 Å². The van der Waals surface area contributed by atoms with Gasteiger partial charge in [-0.1, -0.05) is 11.6 Å². The Morgan fingerprint density at radius 2 is 1.83 bits per heavy atom. The number of thiocarbonyl (C=S) groups is 1. The van der Waals surface area contributed by atoms with Crippen LogP contribution in [0.3, 0.4) is 0 Å². The minimum absolute atomic E-state index is 0.186. The van der Waals surface area contributed by atoms with E-state index in [-0.39, 0.29) is 23.9 Å². The first-order valence-electron chi connectivity index (χ1n) is 9.08. The number of nitrogens with two attached hydrogens (primary N) is 1. The molecule has 1 aromatic carbocycles. The number of nitrogens with zero attached hydrogens (tertiary/aromatic N) is 2. The second kappa shape index (κ2) is 10.0. The maximum atomic E-state index is 12.7. The third-order valence-corrected chi connectivity index (χ3v) is 7.85. The molecule has 0 radical (unpaired) electrons. The van der Waals surface area contributed by atoms with Crippen LogP contribution in [-0.4, -0.2) is 67.1 Å². The van der Waals surface area contributed by atoms with Gasteiger partial charge in [0.15, 0.2) is 10.9 Å². The van der Waals surface area contributed by atoms with Crippen molar-refractivity contribution < 1.29 is 17.6 Å². The normalized spacial score (nSPS) is 15.2. The molecule has 1 saturated heterocycles. The Labute approximate surface area is 189 Å². The van der Waals surface area contributed by atoms with E-state index in [0.717, 1.165) is 10.6 Å². The Morgan fingerprint density at radius 3 is 2.43 bits per heavy atom. The van der Waals surface area contributed by atoms with Gasteiger partial charge in [-0.3, -0.25) is 4.79 Å². The third-order valence-electron chi connectivity index (χ3n) is 4.40. The van der Waals surface area contributed by atoms with Crippen LogP contribution in [0.5, 0.6) is 0 Å². The van der Waals surface area contributed by atoms with Crippen molar-refractivity contribution in [3.05, 3.63) is 47.2 Å². The minimum Gasteiger partial charge on any atom is -0.438 e. The first-order chi connectivity index (χ1) is 14.3. The molecule has 0 aliphatic carbocycles. The Hall–Kier alpha value is -1.79. The summed E-state index contributed by atoms with van der Waals surface area (Å²) in [5, 5.41) is 4.22. The fraction of sp³-hybridized carbons (Fsp3) is 0.333. The topological polar surface area (TPSA) is 109 Å². The lowest BCUT2D eigenvalue weighted by molar-refractivity contribution is 0.0968. The monoisotopic (exact) mass is 488 g/mol. The van der Waals surface area contributed by atoms with E-state index in [1.807, 2.05) is 29.2 Å². The molecule has 2 heterocycles. The summed E-state index contributed by atoms with van der Waals surface area (Å²) in [7, 11) is -3.82. The largest absolute Gasteiger partial charge is 0.438 e. The van der Waals surface area contributed by atoms with E-state index >= 15 is 0 Å². The molecule has 1 aliphatic heterocycles. The highest BCUT2D eigenvalue weighted by Gasteiger charge is 2.32. The van der Waals surface area contributed by atoms with Gasteiger partial charge < -0.3 is 20.4 Å². The van der Waals surface area contributed by atoms with Crippen LogP contribution in [0.2, 0.25) is 5.02 Å². The molecule has 0 unspecified atom stereocenters. The van der Waals surface area contributed by atoms with Crippen molar-refractivity contribution in [1.82, 2.24) is 14.5 Å². The lowest BCUT2D eigenvalue weighted by Crippen LogP contribution is -2.53. The zero-order valence-corrected chi connectivity index (χ0v) is 19.1. The van der Waals surface area contributed by atoms with E-state index in [1.54, 1.807) is 11.8 Å². The number of amides is 1. The molecule has 162 valence electrons. The van der Waals surface area contributed by atoms with Gasteiger partial charge in [0.1, 0.15) is 0 Å². The molecule has 12 heteroatoms. The number of carbonyl (C=O) groups is 1. The van der Waals surface area contributed by atoms with Crippen LogP contribution in [-0.2, 0) is 10.0 Å². The molecule has 3 rings (SSSR count). The van der Waals surface area contributed by atoms with Crippen LogP contribution in [0.15, 0.2) is 50.8 Å². The van der Waals surface area contributed by atoms with Crippen LogP contribution in [0, 0.1) is 0 Å². The van der Waals surface area contributed by atoms with Crippen LogP contribution in [0.25, 0.3) is 0 Å². The summed E-state index contributed by atoms with van der Waals surface area (Å²) in [6.07, 6.45) is 0. The van der Waals surface area contributed by atoms with E-state index in [4.69, 9.17) is 34.0 Å². The predicted octanol–water partition coefficient (Wildman–Crippen LogP) is 2.00. The van der Waals surface area contributed by atoms with Gasteiger partial charge in [0.25, 0.3) is 15.9 Å². The Bertz CT molecular complexity index is 1000.